The van der Waals surface area contributed by atoms with E-state index in [1.165, 1.54) is 24.3 Å². The molecular formula is C22H22N4O4S. The SMILES string of the molecule is CS(=O)(=O)c1cccc(C(=O)NCC(N)c2ccc(C(=O)Nc3ccncc3)cc2)c1. The van der Waals surface area contributed by atoms with Crippen LogP contribution in [0.25, 0.3) is 0 Å². The van der Waals surface area contributed by atoms with Crippen molar-refractivity contribution in [1.82, 2.24) is 10.3 Å². The van der Waals surface area contributed by atoms with Gasteiger partial charge in [-0.05, 0) is 48.0 Å². The average Bonchev–Trinajstić information content (AvgIpc) is 2.77. The summed E-state index contributed by atoms with van der Waals surface area (Å²) in [5, 5.41) is 5.47. The number of nitrogens with one attached hydrogen (secondary N) is 2. The number of sulfone groups is 1. The first-order valence-electron chi connectivity index (χ1n) is 9.39. The lowest BCUT2D eigenvalue weighted by Crippen LogP contribution is -2.32. The Morgan fingerprint density at radius 3 is 2.29 bits per heavy atom. The van der Waals surface area contributed by atoms with E-state index in [1.807, 2.05) is 0 Å². The molecule has 1 heterocycles. The molecule has 1 aromatic heterocycles. The third-order valence-corrected chi connectivity index (χ3v) is 5.66. The Morgan fingerprint density at radius 1 is 0.968 bits per heavy atom. The number of nitrogens with two attached hydrogens (primary N) is 1. The Balaban J connectivity index is 1.59. The molecule has 3 rings (SSSR count). The van der Waals surface area contributed by atoms with E-state index in [9.17, 15) is 18.0 Å². The van der Waals surface area contributed by atoms with E-state index >= 15 is 0 Å². The van der Waals surface area contributed by atoms with E-state index in [4.69, 9.17) is 5.73 Å². The molecule has 0 saturated heterocycles. The normalized spacial score (nSPS) is 12.1. The highest BCUT2D eigenvalue weighted by atomic mass is 32.2. The number of pyridine rings is 1. The highest BCUT2D eigenvalue weighted by Crippen LogP contribution is 2.14. The second kappa shape index (κ2) is 9.50. The van der Waals surface area contributed by atoms with Crippen molar-refractivity contribution in [3.8, 4) is 0 Å². The number of benzene rings is 2. The lowest BCUT2D eigenvalue weighted by Gasteiger charge is -2.14. The van der Waals surface area contributed by atoms with Crippen molar-refractivity contribution in [2.24, 2.45) is 5.73 Å². The predicted octanol–water partition coefficient (Wildman–Crippen LogP) is 2.17. The molecular weight excluding hydrogens is 416 g/mol. The lowest BCUT2D eigenvalue weighted by molar-refractivity contribution is 0.0950. The van der Waals surface area contributed by atoms with Crippen LogP contribution in [0.15, 0.2) is 78.0 Å². The topological polar surface area (TPSA) is 131 Å². The molecule has 0 fully saturated rings. The summed E-state index contributed by atoms with van der Waals surface area (Å²) in [7, 11) is -3.40. The maximum Gasteiger partial charge on any atom is 0.255 e. The maximum absolute atomic E-state index is 12.4. The van der Waals surface area contributed by atoms with E-state index in [1.54, 1.807) is 48.8 Å². The van der Waals surface area contributed by atoms with E-state index in [0.717, 1.165) is 11.8 Å². The molecule has 160 valence electrons. The largest absolute Gasteiger partial charge is 0.350 e. The van der Waals surface area contributed by atoms with Gasteiger partial charge in [-0.3, -0.25) is 14.6 Å². The molecule has 0 aliphatic heterocycles. The standard InChI is InChI=1S/C22H22N4O4S/c1-31(29,30)19-4-2-3-17(13-19)21(27)25-14-20(23)15-5-7-16(8-6-15)22(28)26-18-9-11-24-12-10-18/h2-13,20H,14,23H2,1H3,(H,25,27)(H,24,26,28). The van der Waals surface area contributed by atoms with Crippen LogP contribution < -0.4 is 16.4 Å². The van der Waals surface area contributed by atoms with Gasteiger partial charge in [0, 0.05) is 48.1 Å². The summed E-state index contributed by atoms with van der Waals surface area (Å²) in [6, 6.07) is 15.5. The zero-order chi connectivity index (χ0) is 22.4. The monoisotopic (exact) mass is 438 g/mol. The van der Waals surface area contributed by atoms with Gasteiger partial charge >= 0.3 is 0 Å². The number of anilines is 1. The van der Waals surface area contributed by atoms with Crippen LogP contribution in [0.4, 0.5) is 5.69 Å². The molecule has 0 aliphatic rings. The first-order valence-corrected chi connectivity index (χ1v) is 11.3. The number of amides is 2. The molecule has 2 aromatic carbocycles. The van der Waals surface area contributed by atoms with Gasteiger partial charge in [0.15, 0.2) is 9.84 Å². The third kappa shape index (κ3) is 5.97. The van der Waals surface area contributed by atoms with Crippen molar-refractivity contribution in [2.45, 2.75) is 10.9 Å². The first kappa shape index (κ1) is 22.1. The minimum Gasteiger partial charge on any atom is -0.350 e. The van der Waals surface area contributed by atoms with E-state index in [2.05, 4.69) is 15.6 Å². The van der Waals surface area contributed by atoms with E-state index in [0.29, 0.717) is 11.3 Å². The quantitative estimate of drug-likeness (QED) is 0.518. The fourth-order valence-corrected chi connectivity index (χ4v) is 3.48. The Labute approximate surface area is 180 Å². The third-order valence-electron chi connectivity index (χ3n) is 4.55. The number of carbonyl (C=O) groups is 2. The number of rotatable bonds is 7. The molecule has 8 nitrogen and oxygen atoms in total. The minimum absolute atomic E-state index is 0.0741. The van der Waals surface area contributed by atoms with Crippen LogP contribution in [0.5, 0.6) is 0 Å². The predicted molar refractivity (Wildman–Crippen MR) is 117 cm³/mol. The fourth-order valence-electron chi connectivity index (χ4n) is 2.81. The summed E-state index contributed by atoms with van der Waals surface area (Å²) in [6.45, 7) is 0.143. The fraction of sp³-hybridized carbons (Fsp3) is 0.136. The van der Waals surface area contributed by atoms with Gasteiger partial charge in [0.25, 0.3) is 11.8 Å². The van der Waals surface area contributed by atoms with Crippen molar-refractivity contribution in [3.63, 3.8) is 0 Å². The van der Waals surface area contributed by atoms with Gasteiger partial charge in [-0.2, -0.15) is 0 Å². The van der Waals surface area contributed by atoms with E-state index < -0.39 is 21.8 Å². The van der Waals surface area contributed by atoms with Crippen LogP contribution in [-0.4, -0.2) is 38.0 Å². The smallest absolute Gasteiger partial charge is 0.255 e. The van der Waals surface area contributed by atoms with Gasteiger partial charge in [0.05, 0.1) is 4.90 Å². The zero-order valence-corrected chi connectivity index (χ0v) is 17.6. The van der Waals surface area contributed by atoms with Crippen LogP contribution in [-0.2, 0) is 9.84 Å². The average molecular weight is 439 g/mol. The molecule has 4 N–H and O–H groups in total. The molecule has 2 amide bonds. The number of nitrogens with zero attached hydrogens (tertiary/aromatic N) is 1. The van der Waals surface area contributed by atoms with Crippen LogP contribution in [0, 0.1) is 0 Å². The molecule has 9 heteroatoms. The molecule has 0 saturated carbocycles. The van der Waals surface area contributed by atoms with Crippen molar-refractivity contribution < 1.29 is 18.0 Å². The number of hydrogen-bond acceptors (Lipinski definition) is 6. The second-order valence-electron chi connectivity index (χ2n) is 6.93. The van der Waals surface area contributed by atoms with Gasteiger partial charge < -0.3 is 16.4 Å². The molecule has 0 aliphatic carbocycles. The Hall–Kier alpha value is -3.56. The maximum atomic E-state index is 12.4. The lowest BCUT2D eigenvalue weighted by atomic mass is 10.0. The number of carbonyl (C=O) groups excluding carboxylic acids is 2. The van der Waals surface area contributed by atoms with Gasteiger partial charge in [0.2, 0.25) is 0 Å². The summed E-state index contributed by atoms with van der Waals surface area (Å²) in [5.41, 5.74) is 8.24. The summed E-state index contributed by atoms with van der Waals surface area (Å²) in [4.78, 5) is 28.6. The molecule has 3 aromatic rings. The highest BCUT2D eigenvalue weighted by molar-refractivity contribution is 7.90. The molecule has 1 unspecified atom stereocenters. The van der Waals surface area contributed by atoms with Crippen molar-refractivity contribution in [3.05, 3.63) is 89.7 Å². The second-order valence-corrected chi connectivity index (χ2v) is 8.94. The molecule has 0 radical (unpaired) electrons. The summed E-state index contributed by atoms with van der Waals surface area (Å²) < 4.78 is 23.3. The van der Waals surface area contributed by atoms with Gasteiger partial charge in [-0.15, -0.1) is 0 Å². The molecule has 31 heavy (non-hydrogen) atoms. The summed E-state index contributed by atoms with van der Waals surface area (Å²) >= 11 is 0. The van der Waals surface area contributed by atoms with Crippen LogP contribution in [0.3, 0.4) is 0 Å². The Bertz CT molecular complexity index is 1180. The van der Waals surface area contributed by atoms with Gasteiger partial charge in [-0.1, -0.05) is 18.2 Å². The Kier molecular flexibility index (Phi) is 6.78. The summed E-state index contributed by atoms with van der Waals surface area (Å²) in [6.07, 6.45) is 4.26. The minimum atomic E-state index is -3.40. The van der Waals surface area contributed by atoms with E-state index in [-0.39, 0.29) is 22.9 Å². The molecule has 1 atom stereocenters. The summed E-state index contributed by atoms with van der Waals surface area (Å²) in [5.74, 6) is -0.681. The van der Waals surface area contributed by atoms with Crippen molar-refractivity contribution in [1.29, 1.82) is 0 Å². The van der Waals surface area contributed by atoms with Gasteiger partial charge in [0.1, 0.15) is 0 Å². The molecule has 0 spiro atoms. The number of hydrogen-bond donors (Lipinski definition) is 3. The van der Waals surface area contributed by atoms with Crippen LogP contribution >= 0.6 is 0 Å². The zero-order valence-electron chi connectivity index (χ0n) is 16.8. The van der Waals surface area contributed by atoms with Crippen molar-refractivity contribution >= 4 is 27.3 Å². The van der Waals surface area contributed by atoms with Crippen LogP contribution in [0.2, 0.25) is 0 Å². The molecule has 0 bridgehead atoms. The Morgan fingerprint density at radius 2 is 1.65 bits per heavy atom. The van der Waals surface area contributed by atoms with Crippen LogP contribution in [0.1, 0.15) is 32.3 Å². The van der Waals surface area contributed by atoms with Crippen molar-refractivity contribution in [2.75, 3.05) is 18.1 Å². The first-order chi connectivity index (χ1) is 14.7. The van der Waals surface area contributed by atoms with Gasteiger partial charge in [-0.25, -0.2) is 8.42 Å². The number of aromatic nitrogens is 1. The highest BCUT2D eigenvalue weighted by Gasteiger charge is 2.14.